The fourth-order valence-electron chi connectivity index (χ4n) is 6.46. The average molecular weight is 604 g/mol. The van der Waals surface area contributed by atoms with E-state index in [1.807, 2.05) is 84.9 Å². The minimum absolute atomic E-state index is 0.173. The summed E-state index contributed by atoms with van der Waals surface area (Å²) >= 11 is 0. The first-order valence-corrected chi connectivity index (χ1v) is 15.1. The maximum atomic E-state index is 11.4. The lowest BCUT2D eigenvalue weighted by Gasteiger charge is -2.47. The zero-order valence-corrected chi connectivity index (χ0v) is 24.4. The van der Waals surface area contributed by atoms with Gasteiger partial charge in [-0.1, -0.05) is 84.9 Å². The molecule has 2 fully saturated rings. The molecule has 4 aromatic rings. The molecule has 234 valence electrons. The highest BCUT2D eigenvalue weighted by atomic mass is 16.7. The SMILES string of the molecule is N[C@H]1[C@@H](O[C@H]2[C@H](O)[C@@H](OCc3cccc4ccccc34)[C@H](N)C[C@@H]2N)O[C@H](CO)[C@@H](O)[C@@H]1OCc1cccc2ccccc12. The normalized spacial score (nSPS) is 32.7. The molecule has 0 bridgehead atoms. The molecule has 9 N–H and O–H groups in total. The van der Waals surface area contributed by atoms with Crippen LogP contribution >= 0.6 is 0 Å². The Morgan fingerprint density at radius 1 is 0.659 bits per heavy atom. The molecule has 1 saturated heterocycles. The van der Waals surface area contributed by atoms with Gasteiger partial charge in [-0.05, 0) is 39.1 Å². The van der Waals surface area contributed by atoms with Gasteiger partial charge in [0, 0.05) is 12.1 Å². The second kappa shape index (κ2) is 13.6. The molecule has 4 aromatic carbocycles. The third-order valence-electron chi connectivity index (χ3n) is 8.88. The van der Waals surface area contributed by atoms with E-state index in [9.17, 15) is 15.3 Å². The molecule has 44 heavy (non-hydrogen) atoms. The van der Waals surface area contributed by atoms with E-state index in [1.54, 1.807) is 0 Å². The summed E-state index contributed by atoms with van der Waals surface area (Å²) < 4.78 is 24.5. The van der Waals surface area contributed by atoms with Gasteiger partial charge in [0.1, 0.15) is 36.6 Å². The van der Waals surface area contributed by atoms with Crippen molar-refractivity contribution in [1.82, 2.24) is 0 Å². The highest BCUT2D eigenvalue weighted by Gasteiger charge is 2.49. The predicted octanol–water partition coefficient (Wildman–Crippen LogP) is 1.67. The van der Waals surface area contributed by atoms with E-state index in [-0.39, 0.29) is 13.2 Å². The summed E-state index contributed by atoms with van der Waals surface area (Å²) in [6.45, 7) is -0.0734. The molecule has 0 radical (unpaired) electrons. The molecule has 2 aliphatic rings. The number of nitrogens with two attached hydrogens (primary N) is 3. The van der Waals surface area contributed by atoms with Crippen LogP contribution in [-0.4, -0.2) is 83.0 Å². The van der Waals surface area contributed by atoms with Gasteiger partial charge in [-0.2, -0.15) is 0 Å². The van der Waals surface area contributed by atoms with Crippen molar-refractivity contribution in [2.45, 2.75) is 80.7 Å². The van der Waals surface area contributed by atoms with Crippen LogP contribution in [0.5, 0.6) is 0 Å². The first kappa shape index (κ1) is 31.0. The molecule has 0 unspecified atom stereocenters. The number of fused-ring (bicyclic) bond motifs is 2. The molecule has 0 amide bonds. The number of aliphatic hydroxyl groups is 3. The quantitative estimate of drug-likeness (QED) is 0.165. The number of benzene rings is 4. The molecule has 10 atom stereocenters. The van der Waals surface area contributed by atoms with Gasteiger partial charge >= 0.3 is 0 Å². The summed E-state index contributed by atoms with van der Waals surface area (Å²) in [7, 11) is 0. The minimum atomic E-state index is -1.21. The van der Waals surface area contributed by atoms with Crippen molar-refractivity contribution < 1.29 is 34.3 Å². The summed E-state index contributed by atoms with van der Waals surface area (Å²) in [5.74, 6) is 0. The van der Waals surface area contributed by atoms with Crippen molar-refractivity contribution in [3.05, 3.63) is 96.1 Å². The predicted molar refractivity (Wildman–Crippen MR) is 166 cm³/mol. The second-order valence-electron chi connectivity index (χ2n) is 11.8. The van der Waals surface area contributed by atoms with Crippen LogP contribution in [0.25, 0.3) is 21.5 Å². The highest BCUT2D eigenvalue weighted by Crippen LogP contribution is 2.31. The van der Waals surface area contributed by atoms with Crippen LogP contribution in [0, 0.1) is 0 Å². The molecular weight excluding hydrogens is 562 g/mol. The molecule has 0 spiro atoms. The van der Waals surface area contributed by atoms with Gasteiger partial charge in [0.05, 0.1) is 25.9 Å². The lowest BCUT2D eigenvalue weighted by molar-refractivity contribution is -0.301. The number of rotatable bonds is 9. The van der Waals surface area contributed by atoms with Gasteiger partial charge in [0.25, 0.3) is 0 Å². The third-order valence-corrected chi connectivity index (χ3v) is 8.88. The van der Waals surface area contributed by atoms with Crippen molar-refractivity contribution in [2.75, 3.05) is 6.61 Å². The van der Waals surface area contributed by atoms with E-state index in [0.717, 1.165) is 32.7 Å². The van der Waals surface area contributed by atoms with E-state index >= 15 is 0 Å². The van der Waals surface area contributed by atoms with Gasteiger partial charge in [0.2, 0.25) is 0 Å². The maximum absolute atomic E-state index is 11.4. The Hall–Kier alpha value is -3.00. The number of ether oxygens (including phenoxy) is 4. The van der Waals surface area contributed by atoms with Crippen LogP contribution in [0.15, 0.2) is 84.9 Å². The zero-order valence-electron chi connectivity index (χ0n) is 24.4. The van der Waals surface area contributed by atoms with Crippen molar-refractivity contribution in [3.8, 4) is 0 Å². The number of aliphatic hydroxyl groups excluding tert-OH is 3. The van der Waals surface area contributed by atoms with Crippen LogP contribution in [-0.2, 0) is 32.2 Å². The van der Waals surface area contributed by atoms with Gasteiger partial charge in [-0.15, -0.1) is 0 Å². The van der Waals surface area contributed by atoms with Gasteiger partial charge in [-0.3, -0.25) is 0 Å². The van der Waals surface area contributed by atoms with Gasteiger partial charge < -0.3 is 51.5 Å². The van der Waals surface area contributed by atoms with Crippen molar-refractivity contribution >= 4 is 21.5 Å². The topological polar surface area (TPSA) is 176 Å². The largest absolute Gasteiger partial charge is 0.394 e. The van der Waals surface area contributed by atoms with Gasteiger partial charge in [0.15, 0.2) is 6.29 Å². The van der Waals surface area contributed by atoms with E-state index in [2.05, 4.69) is 0 Å². The van der Waals surface area contributed by atoms with Crippen LogP contribution in [0.2, 0.25) is 0 Å². The van der Waals surface area contributed by atoms with E-state index in [1.165, 1.54) is 0 Å². The molecular formula is C34H41N3O7. The third kappa shape index (κ3) is 6.24. The smallest absolute Gasteiger partial charge is 0.176 e. The Morgan fingerprint density at radius 2 is 1.18 bits per heavy atom. The lowest BCUT2D eigenvalue weighted by atomic mass is 9.84. The Balaban J connectivity index is 1.16. The second-order valence-corrected chi connectivity index (χ2v) is 11.8. The molecule has 10 heteroatoms. The molecule has 1 aliphatic heterocycles. The lowest BCUT2D eigenvalue weighted by Crippen LogP contribution is -2.67. The summed E-state index contributed by atoms with van der Waals surface area (Å²) in [4.78, 5) is 0. The van der Waals surface area contributed by atoms with Crippen molar-refractivity contribution in [3.63, 3.8) is 0 Å². The van der Waals surface area contributed by atoms with E-state index < -0.39 is 67.6 Å². The van der Waals surface area contributed by atoms with E-state index in [0.29, 0.717) is 6.42 Å². The number of hydrogen-bond donors (Lipinski definition) is 6. The Kier molecular flexibility index (Phi) is 9.55. The van der Waals surface area contributed by atoms with Crippen LogP contribution in [0.3, 0.4) is 0 Å². The van der Waals surface area contributed by atoms with Crippen molar-refractivity contribution in [1.29, 1.82) is 0 Å². The first-order valence-electron chi connectivity index (χ1n) is 15.1. The average Bonchev–Trinajstić information content (AvgIpc) is 3.03. The maximum Gasteiger partial charge on any atom is 0.176 e. The highest BCUT2D eigenvalue weighted by molar-refractivity contribution is 5.86. The van der Waals surface area contributed by atoms with E-state index in [4.69, 9.17) is 36.1 Å². The van der Waals surface area contributed by atoms with Crippen LogP contribution in [0.1, 0.15) is 17.5 Å². The molecule has 1 saturated carbocycles. The first-order chi connectivity index (χ1) is 21.4. The zero-order chi connectivity index (χ0) is 30.8. The summed E-state index contributed by atoms with van der Waals surface area (Å²) in [6.07, 6.45) is -6.84. The van der Waals surface area contributed by atoms with Crippen LogP contribution in [0.4, 0.5) is 0 Å². The fraction of sp³-hybridized carbons (Fsp3) is 0.412. The molecule has 10 nitrogen and oxygen atoms in total. The summed E-state index contributed by atoms with van der Waals surface area (Å²) in [5, 5.41) is 36.7. The molecule has 1 aliphatic carbocycles. The Morgan fingerprint density at radius 3 is 1.77 bits per heavy atom. The molecule has 6 rings (SSSR count). The fourth-order valence-corrected chi connectivity index (χ4v) is 6.46. The Labute approximate surface area is 256 Å². The minimum Gasteiger partial charge on any atom is -0.394 e. The number of hydrogen-bond acceptors (Lipinski definition) is 10. The molecule has 1 heterocycles. The van der Waals surface area contributed by atoms with Gasteiger partial charge in [-0.25, -0.2) is 0 Å². The summed E-state index contributed by atoms with van der Waals surface area (Å²) in [6, 6.07) is 25.7. The molecule has 0 aromatic heterocycles. The Bertz CT molecular complexity index is 1550. The summed E-state index contributed by atoms with van der Waals surface area (Å²) in [5.41, 5.74) is 21.3. The van der Waals surface area contributed by atoms with Crippen molar-refractivity contribution in [2.24, 2.45) is 17.2 Å². The standard InChI is InChI=1S/C34H41N3O7/c35-25-15-26(36)32(30(40)31(25)41-17-21-11-5-9-19-7-1-3-13-23(19)21)44-34-28(37)33(29(39)27(16-38)43-34)42-18-22-12-6-10-20-8-2-4-14-24(20)22/h1-14,25-34,38-40H,15-18,35-37H2/t25-,26+,27-,28-,29-,30-,31+,32-,33-,34-/m1/s1. The monoisotopic (exact) mass is 603 g/mol. The van der Waals surface area contributed by atoms with Crippen LogP contribution < -0.4 is 17.2 Å².